The molecule has 0 N–H and O–H groups in total. The van der Waals surface area contributed by atoms with Gasteiger partial charge in [0.05, 0.1) is 5.75 Å². The zero-order valence-electron chi connectivity index (χ0n) is 12.3. The number of hydrogen-bond donors (Lipinski definition) is 0. The Morgan fingerprint density at radius 1 is 0.957 bits per heavy atom. The fourth-order valence-electron chi connectivity index (χ4n) is 2.94. The molecule has 3 aromatic carbocycles. The first-order valence-electron chi connectivity index (χ1n) is 7.40. The van der Waals surface area contributed by atoms with Gasteiger partial charge in [0.25, 0.3) is 0 Å². The van der Waals surface area contributed by atoms with Crippen molar-refractivity contribution in [1.82, 2.24) is 0 Å². The molecule has 1 aliphatic rings. The Morgan fingerprint density at radius 3 is 2.61 bits per heavy atom. The van der Waals surface area contributed by atoms with Crippen molar-refractivity contribution >= 4 is 34.1 Å². The molecule has 0 radical (unpaired) electrons. The second-order valence-electron chi connectivity index (χ2n) is 5.51. The maximum absolute atomic E-state index is 13.5. The predicted molar refractivity (Wildman–Crippen MR) is 93.0 cm³/mol. The minimum Gasteiger partial charge on any atom is -0.295 e. The Morgan fingerprint density at radius 2 is 1.78 bits per heavy atom. The van der Waals surface area contributed by atoms with E-state index in [1.807, 2.05) is 48.5 Å². The SMILES string of the molecule is O=C1CS[C@H](c2cccc(F)c2)N1c1ccc2ccccc2c1. The van der Waals surface area contributed by atoms with Crippen LogP contribution in [0.5, 0.6) is 0 Å². The molecule has 1 amide bonds. The van der Waals surface area contributed by atoms with E-state index in [4.69, 9.17) is 0 Å². The van der Waals surface area contributed by atoms with E-state index in [-0.39, 0.29) is 17.1 Å². The molecule has 1 saturated heterocycles. The average Bonchev–Trinajstić information content (AvgIpc) is 2.96. The van der Waals surface area contributed by atoms with Crippen molar-refractivity contribution < 1.29 is 9.18 Å². The average molecular weight is 323 g/mol. The second-order valence-corrected chi connectivity index (χ2v) is 6.58. The van der Waals surface area contributed by atoms with Crippen molar-refractivity contribution in [3.63, 3.8) is 0 Å². The number of fused-ring (bicyclic) bond motifs is 1. The van der Waals surface area contributed by atoms with Crippen molar-refractivity contribution in [2.75, 3.05) is 10.7 Å². The summed E-state index contributed by atoms with van der Waals surface area (Å²) in [5, 5.41) is 2.05. The van der Waals surface area contributed by atoms with E-state index in [0.717, 1.165) is 22.0 Å². The van der Waals surface area contributed by atoms with Gasteiger partial charge in [-0.15, -0.1) is 11.8 Å². The van der Waals surface area contributed by atoms with Crippen molar-refractivity contribution in [3.05, 3.63) is 78.1 Å². The lowest BCUT2D eigenvalue weighted by Gasteiger charge is -2.24. The predicted octanol–water partition coefficient (Wildman–Crippen LogP) is 4.76. The highest BCUT2D eigenvalue weighted by atomic mass is 32.2. The summed E-state index contributed by atoms with van der Waals surface area (Å²) in [6.45, 7) is 0. The molecular formula is C19H14FNOS. The minimum atomic E-state index is -0.277. The molecule has 4 rings (SSSR count). The summed E-state index contributed by atoms with van der Waals surface area (Å²) in [7, 11) is 0. The molecule has 1 heterocycles. The number of carbonyl (C=O) groups excluding carboxylic acids is 1. The lowest BCUT2D eigenvalue weighted by molar-refractivity contribution is -0.115. The van der Waals surface area contributed by atoms with Crippen molar-refractivity contribution in [1.29, 1.82) is 0 Å². The fraction of sp³-hybridized carbons (Fsp3) is 0.105. The van der Waals surface area contributed by atoms with Gasteiger partial charge < -0.3 is 0 Å². The van der Waals surface area contributed by atoms with Gasteiger partial charge in [-0.05, 0) is 40.6 Å². The number of nitrogens with zero attached hydrogens (tertiary/aromatic N) is 1. The van der Waals surface area contributed by atoms with E-state index < -0.39 is 0 Å². The maximum Gasteiger partial charge on any atom is 0.238 e. The van der Waals surface area contributed by atoms with Crippen LogP contribution in [-0.4, -0.2) is 11.7 Å². The first kappa shape index (κ1) is 14.3. The molecule has 1 fully saturated rings. The van der Waals surface area contributed by atoms with Gasteiger partial charge in [-0.1, -0.05) is 42.5 Å². The van der Waals surface area contributed by atoms with Gasteiger partial charge in [-0.3, -0.25) is 9.69 Å². The highest BCUT2D eigenvalue weighted by Gasteiger charge is 2.34. The second kappa shape index (κ2) is 5.70. The normalized spacial score (nSPS) is 17.9. The first-order chi connectivity index (χ1) is 11.2. The summed E-state index contributed by atoms with van der Waals surface area (Å²) < 4.78 is 13.5. The summed E-state index contributed by atoms with van der Waals surface area (Å²) >= 11 is 1.53. The molecule has 23 heavy (non-hydrogen) atoms. The Kier molecular flexibility index (Phi) is 3.54. The first-order valence-corrected chi connectivity index (χ1v) is 8.45. The largest absolute Gasteiger partial charge is 0.295 e. The summed E-state index contributed by atoms with van der Waals surface area (Å²) in [5.74, 6) is 0.189. The number of rotatable bonds is 2. The van der Waals surface area contributed by atoms with E-state index in [1.165, 1.54) is 23.9 Å². The van der Waals surface area contributed by atoms with Crippen LogP contribution in [0.25, 0.3) is 10.8 Å². The zero-order valence-corrected chi connectivity index (χ0v) is 13.1. The number of benzene rings is 3. The standard InChI is InChI=1S/C19H14FNOS/c20-16-7-3-6-15(10-16)19-21(18(22)12-23-19)17-9-8-13-4-1-2-5-14(13)11-17/h1-11,19H,12H2/t19-/m1/s1. The Balaban J connectivity index is 1.78. The lowest BCUT2D eigenvalue weighted by atomic mass is 10.1. The van der Waals surface area contributed by atoms with E-state index in [2.05, 4.69) is 0 Å². The number of amides is 1. The van der Waals surface area contributed by atoms with Gasteiger partial charge in [0.1, 0.15) is 11.2 Å². The topological polar surface area (TPSA) is 20.3 Å². The van der Waals surface area contributed by atoms with Gasteiger partial charge >= 0.3 is 0 Å². The van der Waals surface area contributed by atoms with E-state index in [0.29, 0.717) is 5.75 Å². The molecule has 0 spiro atoms. The molecule has 0 saturated carbocycles. The third-order valence-electron chi connectivity index (χ3n) is 4.01. The third kappa shape index (κ3) is 2.59. The molecule has 0 unspecified atom stereocenters. The van der Waals surface area contributed by atoms with E-state index in [9.17, 15) is 9.18 Å². The minimum absolute atomic E-state index is 0.0551. The molecule has 4 heteroatoms. The zero-order chi connectivity index (χ0) is 15.8. The summed E-state index contributed by atoms with van der Waals surface area (Å²) in [6.07, 6.45) is 0. The van der Waals surface area contributed by atoms with Crippen LogP contribution in [0.4, 0.5) is 10.1 Å². The van der Waals surface area contributed by atoms with Crippen LogP contribution in [0.1, 0.15) is 10.9 Å². The highest BCUT2D eigenvalue weighted by molar-refractivity contribution is 8.00. The van der Waals surface area contributed by atoms with Crippen molar-refractivity contribution in [2.24, 2.45) is 0 Å². The molecule has 3 aromatic rings. The molecule has 0 bridgehead atoms. The molecule has 0 aromatic heterocycles. The highest BCUT2D eigenvalue weighted by Crippen LogP contribution is 2.42. The van der Waals surface area contributed by atoms with Gasteiger partial charge in [-0.2, -0.15) is 0 Å². The number of hydrogen-bond acceptors (Lipinski definition) is 2. The van der Waals surface area contributed by atoms with Crippen LogP contribution >= 0.6 is 11.8 Å². The van der Waals surface area contributed by atoms with Crippen LogP contribution in [-0.2, 0) is 4.79 Å². The molecule has 1 atom stereocenters. The molecule has 1 aliphatic heterocycles. The summed E-state index contributed by atoms with van der Waals surface area (Å²) in [6, 6.07) is 20.5. The van der Waals surface area contributed by atoms with Gasteiger partial charge in [0, 0.05) is 5.69 Å². The monoisotopic (exact) mass is 323 g/mol. The van der Waals surface area contributed by atoms with E-state index >= 15 is 0 Å². The Labute approximate surface area is 137 Å². The summed E-state index contributed by atoms with van der Waals surface area (Å²) in [5.41, 5.74) is 1.67. The number of halogens is 1. The molecular weight excluding hydrogens is 309 g/mol. The van der Waals surface area contributed by atoms with Crippen molar-refractivity contribution in [3.8, 4) is 0 Å². The quantitative estimate of drug-likeness (QED) is 0.678. The van der Waals surface area contributed by atoms with Crippen LogP contribution in [0.2, 0.25) is 0 Å². The maximum atomic E-state index is 13.5. The molecule has 0 aliphatic carbocycles. The molecule has 2 nitrogen and oxygen atoms in total. The van der Waals surface area contributed by atoms with Crippen LogP contribution < -0.4 is 4.90 Å². The number of carbonyl (C=O) groups is 1. The van der Waals surface area contributed by atoms with Crippen molar-refractivity contribution in [2.45, 2.75) is 5.37 Å². The Bertz CT molecular complexity index is 895. The van der Waals surface area contributed by atoms with E-state index in [1.54, 1.807) is 11.0 Å². The third-order valence-corrected chi connectivity index (χ3v) is 5.23. The molecule has 114 valence electrons. The van der Waals surface area contributed by atoms with Gasteiger partial charge in [0.15, 0.2) is 0 Å². The Hall–Kier alpha value is -2.33. The summed E-state index contributed by atoms with van der Waals surface area (Å²) in [4.78, 5) is 14.2. The number of thioether (sulfide) groups is 1. The number of anilines is 1. The van der Waals surface area contributed by atoms with Crippen LogP contribution in [0.3, 0.4) is 0 Å². The smallest absolute Gasteiger partial charge is 0.238 e. The van der Waals surface area contributed by atoms with Crippen LogP contribution in [0, 0.1) is 5.82 Å². The van der Waals surface area contributed by atoms with Crippen LogP contribution in [0.15, 0.2) is 66.7 Å². The lowest BCUT2D eigenvalue weighted by Crippen LogP contribution is -2.27. The fourth-order valence-corrected chi connectivity index (χ4v) is 4.10. The van der Waals surface area contributed by atoms with Gasteiger partial charge in [0.2, 0.25) is 5.91 Å². The van der Waals surface area contributed by atoms with Gasteiger partial charge in [-0.25, -0.2) is 4.39 Å².